The Hall–Kier alpha value is -1.43. The second kappa shape index (κ2) is 8.30. The second-order valence-corrected chi connectivity index (χ2v) is 8.56. The summed E-state index contributed by atoms with van der Waals surface area (Å²) in [7, 11) is 4.41. The molecule has 1 atom stereocenters. The van der Waals surface area contributed by atoms with Crippen molar-refractivity contribution in [3.8, 4) is 0 Å². The summed E-state index contributed by atoms with van der Waals surface area (Å²) in [6.07, 6.45) is 5.22. The summed E-state index contributed by atoms with van der Waals surface area (Å²) >= 11 is 1.69. The van der Waals surface area contributed by atoms with Crippen molar-refractivity contribution in [1.82, 2.24) is 19.8 Å². The van der Waals surface area contributed by atoms with E-state index < -0.39 is 0 Å². The number of hydrogen-bond acceptors (Lipinski definition) is 5. The molecule has 0 bridgehead atoms. The predicted molar refractivity (Wildman–Crippen MR) is 105 cm³/mol. The summed E-state index contributed by atoms with van der Waals surface area (Å²) in [5.74, 6) is 0.909. The maximum atomic E-state index is 4.52. The summed E-state index contributed by atoms with van der Waals surface area (Å²) in [5.41, 5.74) is 2.88. The third kappa shape index (κ3) is 5.53. The highest BCUT2D eigenvalue weighted by Gasteiger charge is 2.32. The number of rotatable bonds is 7. The average Bonchev–Trinajstić information content (AvgIpc) is 2.93. The summed E-state index contributed by atoms with van der Waals surface area (Å²) < 4.78 is 0. The fraction of sp³-hybridized carbons (Fsp3) is 0.500. The molecule has 0 N–H and O–H groups in total. The lowest BCUT2D eigenvalue weighted by Gasteiger charge is -2.29. The van der Waals surface area contributed by atoms with Crippen molar-refractivity contribution in [3.63, 3.8) is 0 Å². The van der Waals surface area contributed by atoms with Crippen LogP contribution in [0.15, 0.2) is 47.9 Å². The quantitative estimate of drug-likeness (QED) is 0.560. The van der Waals surface area contributed by atoms with Crippen LogP contribution in [-0.2, 0) is 12.3 Å². The van der Waals surface area contributed by atoms with Gasteiger partial charge in [-0.1, -0.05) is 49.0 Å². The fourth-order valence-corrected chi connectivity index (χ4v) is 4.38. The van der Waals surface area contributed by atoms with Gasteiger partial charge >= 0.3 is 0 Å². The summed E-state index contributed by atoms with van der Waals surface area (Å²) in [6, 6.07) is 10.4. The highest BCUT2D eigenvalue weighted by atomic mass is 32.2. The van der Waals surface area contributed by atoms with Crippen molar-refractivity contribution < 1.29 is 0 Å². The lowest BCUT2D eigenvalue weighted by Crippen LogP contribution is -2.35. The van der Waals surface area contributed by atoms with Crippen molar-refractivity contribution in [2.75, 3.05) is 33.7 Å². The van der Waals surface area contributed by atoms with E-state index in [4.69, 9.17) is 0 Å². The molecule has 1 aliphatic rings. The first-order chi connectivity index (χ1) is 12.0. The maximum absolute atomic E-state index is 4.52. The minimum Gasteiger partial charge on any atom is -0.306 e. The molecule has 0 spiro atoms. The molecule has 1 aliphatic heterocycles. The predicted octanol–water partition coefficient (Wildman–Crippen LogP) is 3.54. The Morgan fingerprint density at radius 3 is 2.52 bits per heavy atom. The molecule has 0 saturated carbocycles. The van der Waals surface area contributed by atoms with Crippen LogP contribution >= 0.6 is 11.8 Å². The van der Waals surface area contributed by atoms with Crippen LogP contribution in [0.2, 0.25) is 0 Å². The topological polar surface area (TPSA) is 32.3 Å². The first-order valence-corrected chi connectivity index (χ1v) is 9.86. The van der Waals surface area contributed by atoms with Crippen LogP contribution in [0.25, 0.3) is 0 Å². The van der Waals surface area contributed by atoms with Crippen molar-refractivity contribution in [2.45, 2.75) is 30.8 Å². The molecule has 2 heterocycles. The second-order valence-electron chi connectivity index (χ2n) is 7.62. The number of nitrogens with zero attached hydrogens (tertiary/aromatic N) is 4. The van der Waals surface area contributed by atoms with E-state index in [2.05, 4.69) is 65.1 Å². The molecule has 3 rings (SSSR count). The lowest BCUT2D eigenvalue weighted by atomic mass is 9.89. The molecular formula is C20H28N4S. The van der Waals surface area contributed by atoms with Gasteiger partial charge in [-0.15, -0.1) is 0 Å². The van der Waals surface area contributed by atoms with E-state index in [1.54, 1.807) is 11.8 Å². The molecule has 1 aromatic heterocycles. The van der Waals surface area contributed by atoms with E-state index >= 15 is 0 Å². The number of likely N-dealkylation sites (tertiary alicyclic amines) is 1. The van der Waals surface area contributed by atoms with Gasteiger partial charge in [0.2, 0.25) is 0 Å². The zero-order valence-electron chi connectivity index (χ0n) is 15.5. The molecule has 25 heavy (non-hydrogen) atoms. The molecule has 2 aromatic rings. The van der Waals surface area contributed by atoms with Gasteiger partial charge < -0.3 is 9.80 Å². The van der Waals surface area contributed by atoms with Crippen molar-refractivity contribution >= 4 is 11.8 Å². The Labute approximate surface area is 155 Å². The molecule has 0 aliphatic carbocycles. The van der Waals surface area contributed by atoms with E-state index in [0.29, 0.717) is 5.41 Å². The van der Waals surface area contributed by atoms with E-state index in [1.165, 1.54) is 30.6 Å². The first kappa shape index (κ1) is 18.4. The number of thioether (sulfide) groups is 1. The average molecular weight is 357 g/mol. The van der Waals surface area contributed by atoms with Crippen LogP contribution in [0.4, 0.5) is 0 Å². The number of aromatic nitrogens is 2. The van der Waals surface area contributed by atoms with Crippen molar-refractivity contribution in [1.29, 1.82) is 0 Å². The Morgan fingerprint density at radius 2 is 1.88 bits per heavy atom. The molecule has 0 amide bonds. The van der Waals surface area contributed by atoms with Gasteiger partial charge in [-0.3, -0.25) is 0 Å². The van der Waals surface area contributed by atoms with Crippen LogP contribution in [0.5, 0.6) is 0 Å². The fourth-order valence-electron chi connectivity index (χ4n) is 3.64. The van der Waals surface area contributed by atoms with Crippen LogP contribution in [0.3, 0.4) is 0 Å². The third-order valence-electron chi connectivity index (χ3n) is 4.75. The molecule has 0 unspecified atom stereocenters. The summed E-state index contributed by atoms with van der Waals surface area (Å²) in [4.78, 5) is 13.9. The zero-order chi connectivity index (χ0) is 17.7. The van der Waals surface area contributed by atoms with Gasteiger partial charge in [0.15, 0.2) is 5.16 Å². The van der Waals surface area contributed by atoms with E-state index in [9.17, 15) is 0 Å². The normalized spacial score (nSPS) is 21.1. The van der Waals surface area contributed by atoms with Crippen LogP contribution in [0.1, 0.15) is 24.5 Å². The molecule has 1 fully saturated rings. The molecule has 0 radical (unpaired) electrons. The first-order valence-electron chi connectivity index (χ1n) is 8.87. The van der Waals surface area contributed by atoms with Gasteiger partial charge in [-0.2, -0.15) is 0 Å². The van der Waals surface area contributed by atoms with Crippen LogP contribution < -0.4 is 0 Å². The summed E-state index contributed by atoms with van der Waals surface area (Å²) in [5, 5.41) is 0.847. The smallest absolute Gasteiger partial charge is 0.187 e. The van der Waals surface area contributed by atoms with Gasteiger partial charge in [0, 0.05) is 43.3 Å². The molecule has 134 valence electrons. The minimum absolute atomic E-state index is 0.399. The molecular weight excluding hydrogens is 328 g/mol. The Morgan fingerprint density at radius 1 is 1.16 bits per heavy atom. The zero-order valence-corrected chi connectivity index (χ0v) is 16.3. The number of hydrogen-bond donors (Lipinski definition) is 0. The van der Waals surface area contributed by atoms with Gasteiger partial charge in [-0.05, 0) is 38.0 Å². The Bertz CT molecular complexity index is 661. The Balaban J connectivity index is 1.48. The van der Waals surface area contributed by atoms with Crippen LogP contribution in [-0.4, -0.2) is 53.5 Å². The van der Waals surface area contributed by atoms with Crippen LogP contribution in [0, 0.1) is 5.41 Å². The van der Waals surface area contributed by atoms with Gasteiger partial charge in [0.25, 0.3) is 0 Å². The molecule has 1 saturated heterocycles. The molecule has 4 nitrogen and oxygen atoms in total. The molecule has 5 heteroatoms. The van der Waals surface area contributed by atoms with Crippen molar-refractivity contribution in [2.24, 2.45) is 5.41 Å². The lowest BCUT2D eigenvalue weighted by molar-refractivity contribution is 0.190. The number of benzene rings is 1. The Kier molecular flexibility index (Phi) is 6.10. The van der Waals surface area contributed by atoms with Gasteiger partial charge in [0.1, 0.15) is 0 Å². The van der Waals surface area contributed by atoms with E-state index in [0.717, 1.165) is 24.0 Å². The van der Waals surface area contributed by atoms with Gasteiger partial charge in [0.05, 0.1) is 0 Å². The standard InChI is InChI=1S/C20H28N4S/c1-20(9-10-23(2)15-20)16-24(3)13-18-11-21-19(22-12-18)25-14-17-7-5-4-6-8-17/h4-8,11-12H,9-10,13-16H2,1-3H3/t20-/m0/s1. The maximum Gasteiger partial charge on any atom is 0.187 e. The van der Waals surface area contributed by atoms with E-state index in [1.807, 2.05) is 18.5 Å². The van der Waals surface area contributed by atoms with E-state index in [-0.39, 0.29) is 0 Å². The third-order valence-corrected chi connectivity index (χ3v) is 5.69. The highest BCUT2D eigenvalue weighted by Crippen LogP contribution is 2.30. The van der Waals surface area contributed by atoms with Crippen molar-refractivity contribution in [3.05, 3.63) is 53.9 Å². The SMILES string of the molecule is CN1CC[C@](C)(CN(C)Cc2cnc(SCc3ccccc3)nc2)C1. The largest absolute Gasteiger partial charge is 0.306 e. The highest BCUT2D eigenvalue weighted by molar-refractivity contribution is 7.98. The minimum atomic E-state index is 0.399. The monoisotopic (exact) mass is 356 g/mol. The summed E-state index contributed by atoms with van der Waals surface area (Å²) in [6.45, 7) is 6.81. The molecule has 1 aromatic carbocycles. The van der Waals surface area contributed by atoms with Gasteiger partial charge in [-0.25, -0.2) is 9.97 Å².